The zero-order valence-electron chi connectivity index (χ0n) is 26.3. The Morgan fingerprint density at radius 3 is 2.11 bits per heavy atom. The molecule has 0 aliphatic rings. The van der Waals surface area contributed by atoms with Crippen LogP contribution < -0.4 is 19.1 Å². The van der Waals surface area contributed by atoms with E-state index in [-0.39, 0.29) is 35.2 Å². The Morgan fingerprint density at radius 2 is 1.50 bits per heavy atom. The van der Waals surface area contributed by atoms with Crippen molar-refractivity contribution in [3.05, 3.63) is 119 Å². The summed E-state index contributed by atoms with van der Waals surface area (Å²) >= 11 is 6.13. The Balaban J connectivity index is 1.81. The van der Waals surface area contributed by atoms with Gasteiger partial charge in [0.2, 0.25) is 11.8 Å². The largest absolute Gasteiger partial charge is 0.493 e. The number of methoxy groups -OCH3 is 2. The fourth-order valence-electron chi connectivity index (χ4n) is 4.98. The van der Waals surface area contributed by atoms with Gasteiger partial charge in [0.1, 0.15) is 12.6 Å². The van der Waals surface area contributed by atoms with Gasteiger partial charge in [-0.15, -0.1) is 0 Å². The molecule has 2 amide bonds. The average Bonchev–Trinajstić information content (AvgIpc) is 3.06. The van der Waals surface area contributed by atoms with E-state index in [1.54, 1.807) is 55.5 Å². The maximum atomic E-state index is 14.5. The third-order valence-corrected chi connectivity index (χ3v) is 9.45. The standard InChI is InChI=1S/C35H38ClN3O6S/c1-5-37-35(41)31(21-26-9-7-6-8-10-26)38(23-27-13-15-28(36)16-14-27)34(40)24-39(29-17-11-25(2)12-18-29)46(42,43)30-19-20-32(44-3)33(22-30)45-4/h6-20,22,31H,5,21,23-24H2,1-4H3,(H,37,41). The van der Waals surface area contributed by atoms with Crippen molar-refractivity contribution >= 4 is 39.1 Å². The Morgan fingerprint density at radius 1 is 0.848 bits per heavy atom. The molecule has 1 atom stereocenters. The topological polar surface area (TPSA) is 105 Å². The van der Waals surface area contributed by atoms with Crippen LogP contribution in [0.4, 0.5) is 5.69 Å². The van der Waals surface area contributed by atoms with Gasteiger partial charge in [-0.1, -0.05) is 71.8 Å². The molecule has 0 saturated heterocycles. The number of carbonyl (C=O) groups is 2. The third kappa shape index (κ3) is 8.38. The molecule has 4 aromatic carbocycles. The van der Waals surface area contributed by atoms with Gasteiger partial charge in [0, 0.05) is 30.6 Å². The van der Waals surface area contributed by atoms with Crippen molar-refractivity contribution in [2.45, 2.75) is 37.8 Å². The number of hydrogen-bond acceptors (Lipinski definition) is 6. The number of ether oxygens (including phenoxy) is 2. The van der Waals surface area contributed by atoms with Crippen LogP contribution in [0.5, 0.6) is 11.5 Å². The zero-order chi connectivity index (χ0) is 33.3. The first kappa shape index (κ1) is 34.3. The van der Waals surface area contributed by atoms with Crippen molar-refractivity contribution < 1.29 is 27.5 Å². The number of sulfonamides is 1. The highest BCUT2D eigenvalue weighted by atomic mass is 35.5. The molecule has 0 aliphatic carbocycles. The van der Waals surface area contributed by atoms with Gasteiger partial charge >= 0.3 is 0 Å². The van der Waals surface area contributed by atoms with Crippen LogP contribution >= 0.6 is 11.6 Å². The minimum absolute atomic E-state index is 0.0444. The summed E-state index contributed by atoms with van der Waals surface area (Å²) in [6.07, 6.45) is 0.221. The highest BCUT2D eigenvalue weighted by Gasteiger charge is 2.35. The molecule has 4 aromatic rings. The Hall–Kier alpha value is -4.54. The van der Waals surface area contributed by atoms with E-state index in [1.165, 1.54) is 37.3 Å². The third-order valence-electron chi connectivity index (χ3n) is 7.43. The van der Waals surface area contributed by atoms with Crippen LogP contribution in [0, 0.1) is 6.92 Å². The summed E-state index contributed by atoms with van der Waals surface area (Å²) in [5, 5.41) is 3.38. The van der Waals surface area contributed by atoms with E-state index >= 15 is 0 Å². The van der Waals surface area contributed by atoms with Crippen LogP contribution in [0.1, 0.15) is 23.6 Å². The first-order valence-corrected chi connectivity index (χ1v) is 16.6. The van der Waals surface area contributed by atoms with E-state index in [4.69, 9.17) is 21.1 Å². The SMILES string of the molecule is CCNC(=O)C(Cc1ccccc1)N(Cc1ccc(Cl)cc1)C(=O)CN(c1ccc(C)cc1)S(=O)(=O)c1ccc(OC)c(OC)c1. The second kappa shape index (κ2) is 15.6. The van der Waals surface area contributed by atoms with Crippen molar-refractivity contribution in [3.8, 4) is 11.5 Å². The Bertz CT molecular complexity index is 1730. The number of anilines is 1. The van der Waals surface area contributed by atoms with Gasteiger partial charge in [-0.25, -0.2) is 8.42 Å². The number of aryl methyl sites for hydroxylation is 1. The summed E-state index contributed by atoms with van der Waals surface area (Å²) in [7, 11) is -1.44. The fourth-order valence-corrected chi connectivity index (χ4v) is 6.53. The van der Waals surface area contributed by atoms with E-state index < -0.39 is 28.5 Å². The molecule has 9 nitrogen and oxygen atoms in total. The summed E-state index contributed by atoms with van der Waals surface area (Å²) in [6, 6.07) is 26.5. The van der Waals surface area contributed by atoms with Crippen molar-refractivity contribution in [2.75, 3.05) is 31.6 Å². The van der Waals surface area contributed by atoms with E-state index in [0.717, 1.165) is 21.0 Å². The second-order valence-electron chi connectivity index (χ2n) is 10.6. The molecule has 1 N–H and O–H groups in total. The summed E-state index contributed by atoms with van der Waals surface area (Å²) in [5.74, 6) is -0.327. The maximum absolute atomic E-state index is 14.5. The minimum Gasteiger partial charge on any atom is -0.493 e. The highest BCUT2D eigenvalue weighted by molar-refractivity contribution is 7.92. The summed E-state index contributed by atoms with van der Waals surface area (Å²) in [5.41, 5.74) is 2.78. The number of likely N-dealkylation sites (N-methyl/N-ethyl adjacent to an activating group) is 1. The van der Waals surface area contributed by atoms with Gasteiger partial charge < -0.3 is 19.7 Å². The monoisotopic (exact) mass is 663 g/mol. The molecule has 0 aliphatic heterocycles. The van der Waals surface area contributed by atoms with E-state index in [9.17, 15) is 18.0 Å². The molecule has 0 fully saturated rings. The summed E-state index contributed by atoms with van der Waals surface area (Å²) in [6.45, 7) is 3.52. The minimum atomic E-state index is -4.31. The van der Waals surface area contributed by atoms with Crippen LogP contribution in [0.2, 0.25) is 5.02 Å². The van der Waals surface area contributed by atoms with E-state index in [1.807, 2.05) is 37.3 Å². The molecule has 0 bridgehead atoms. The van der Waals surface area contributed by atoms with Crippen LogP contribution in [0.3, 0.4) is 0 Å². The highest BCUT2D eigenvalue weighted by Crippen LogP contribution is 2.32. The number of rotatable bonds is 14. The number of nitrogens with zero attached hydrogens (tertiary/aromatic N) is 2. The molecule has 1 unspecified atom stereocenters. The number of halogens is 1. The lowest BCUT2D eigenvalue weighted by Gasteiger charge is -2.34. The normalized spacial score (nSPS) is 11.8. The van der Waals surface area contributed by atoms with Gasteiger partial charge in [-0.3, -0.25) is 13.9 Å². The molecule has 0 heterocycles. The molecule has 242 valence electrons. The first-order chi connectivity index (χ1) is 22.1. The predicted octanol–water partition coefficient (Wildman–Crippen LogP) is 5.64. The number of nitrogens with one attached hydrogen (secondary N) is 1. The van der Waals surface area contributed by atoms with Crippen molar-refractivity contribution in [2.24, 2.45) is 0 Å². The smallest absolute Gasteiger partial charge is 0.264 e. The molecular weight excluding hydrogens is 626 g/mol. The van der Waals surface area contributed by atoms with Crippen LogP contribution in [0.25, 0.3) is 0 Å². The predicted molar refractivity (Wildman–Crippen MR) is 180 cm³/mol. The van der Waals surface area contributed by atoms with Gasteiger partial charge in [0.05, 0.1) is 24.8 Å². The van der Waals surface area contributed by atoms with Gasteiger partial charge in [0.25, 0.3) is 10.0 Å². The Kier molecular flexibility index (Phi) is 11.7. The molecule has 11 heteroatoms. The fraction of sp³-hybridized carbons (Fsp3) is 0.257. The maximum Gasteiger partial charge on any atom is 0.264 e. The summed E-state index contributed by atoms with van der Waals surface area (Å²) < 4.78 is 40.3. The lowest BCUT2D eigenvalue weighted by Crippen LogP contribution is -2.53. The number of benzene rings is 4. The number of amides is 2. The molecular formula is C35H38ClN3O6S. The van der Waals surface area contributed by atoms with Crippen molar-refractivity contribution in [1.82, 2.24) is 10.2 Å². The van der Waals surface area contributed by atoms with Gasteiger partial charge in [0.15, 0.2) is 11.5 Å². The quantitative estimate of drug-likeness (QED) is 0.187. The number of carbonyl (C=O) groups excluding carboxylic acids is 2. The molecule has 0 spiro atoms. The lowest BCUT2D eigenvalue weighted by atomic mass is 10.0. The Labute approximate surface area is 275 Å². The second-order valence-corrected chi connectivity index (χ2v) is 12.9. The van der Waals surface area contributed by atoms with E-state index in [0.29, 0.717) is 17.3 Å². The summed E-state index contributed by atoms with van der Waals surface area (Å²) in [4.78, 5) is 29.4. The molecule has 0 aromatic heterocycles. The number of hydrogen-bond donors (Lipinski definition) is 1. The molecule has 0 saturated carbocycles. The molecule has 0 radical (unpaired) electrons. The van der Waals surface area contributed by atoms with Crippen LogP contribution in [0.15, 0.2) is 102 Å². The average molecular weight is 664 g/mol. The van der Waals surface area contributed by atoms with Gasteiger partial charge in [-0.05, 0) is 61.4 Å². The van der Waals surface area contributed by atoms with Gasteiger partial charge in [-0.2, -0.15) is 0 Å². The van der Waals surface area contributed by atoms with E-state index in [2.05, 4.69) is 5.32 Å². The lowest BCUT2D eigenvalue weighted by molar-refractivity contribution is -0.140. The van der Waals surface area contributed by atoms with Crippen molar-refractivity contribution in [1.29, 1.82) is 0 Å². The van der Waals surface area contributed by atoms with Crippen LogP contribution in [-0.2, 0) is 32.6 Å². The first-order valence-electron chi connectivity index (χ1n) is 14.7. The zero-order valence-corrected chi connectivity index (χ0v) is 27.8. The van der Waals surface area contributed by atoms with Crippen LogP contribution in [-0.4, -0.2) is 58.5 Å². The molecule has 46 heavy (non-hydrogen) atoms. The van der Waals surface area contributed by atoms with Crippen molar-refractivity contribution in [3.63, 3.8) is 0 Å². The molecule has 4 rings (SSSR count).